The second-order valence-electron chi connectivity index (χ2n) is 3.91. The number of nitriles is 1. The van der Waals surface area contributed by atoms with E-state index in [9.17, 15) is 13.2 Å². The Labute approximate surface area is 115 Å². The van der Waals surface area contributed by atoms with Gasteiger partial charge in [-0.1, -0.05) is 17.7 Å². The molecule has 0 spiro atoms. The molecule has 6 nitrogen and oxygen atoms in total. The lowest BCUT2D eigenvalue weighted by Crippen LogP contribution is -2.49. The smallest absolute Gasteiger partial charge is 0.244 e. The van der Waals surface area contributed by atoms with E-state index in [4.69, 9.17) is 16.9 Å². The highest BCUT2D eigenvalue weighted by atomic mass is 35.5. The number of rotatable bonds is 2. The van der Waals surface area contributed by atoms with Crippen LogP contribution in [0.3, 0.4) is 0 Å². The Morgan fingerprint density at radius 2 is 2.16 bits per heavy atom. The summed E-state index contributed by atoms with van der Waals surface area (Å²) in [4.78, 5) is 11.1. The standard InChI is InChI=1S/C11H10ClN3O3S/c12-9-2-1-3-10(8(9)6-13)19(17,18)15-5-4-14-11(16)7-15/h1-3H,4-5,7H2,(H,14,16). The van der Waals surface area contributed by atoms with Gasteiger partial charge in [0.1, 0.15) is 11.0 Å². The molecule has 0 saturated carbocycles. The highest BCUT2D eigenvalue weighted by Crippen LogP contribution is 2.25. The number of benzene rings is 1. The third-order valence-corrected chi connectivity index (χ3v) is 4.91. The van der Waals surface area contributed by atoms with Gasteiger partial charge in [-0.15, -0.1) is 0 Å². The lowest BCUT2D eigenvalue weighted by Gasteiger charge is -2.26. The maximum Gasteiger partial charge on any atom is 0.244 e. The van der Waals surface area contributed by atoms with E-state index in [1.54, 1.807) is 6.07 Å². The fraction of sp³-hybridized carbons (Fsp3) is 0.273. The summed E-state index contributed by atoms with van der Waals surface area (Å²) in [6.45, 7) is 0.172. The van der Waals surface area contributed by atoms with Crippen molar-refractivity contribution >= 4 is 27.5 Å². The Bertz CT molecular complexity index is 666. The second-order valence-corrected chi connectivity index (χ2v) is 6.23. The number of amides is 1. The van der Waals surface area contributed by atoms with Gasteiger partial charge in [0.2, 0.25) is 15.9 Å². The molecule has 1 aliphatic rings. The van der Waals surface area contributed by atoms with Crippen molar-refractivity contribution in [2.45, 2.75) is 4.90 Å². The average Bonchev–Trinajstić information content (AvgIpc) is 2.38. The zero-order valence-electron chi connectivity index (χ0n) is 9.76. The second kappa shape index (κ2) is 5.17. The minimum absolute atomic E-state index is 0.0741. The summed E-state index contributed by atoms with van der Waals surface area (Å²) >= 11 is 5.82. The van der Waals surface area contributed by atoms with Crippen LogP contribution in [0, 0.1) is 11.3 Å². The van der Waals surface area contributed by atoms with Gasteiger partial charge in [-0.2, -0.15) is 9.57 Å². The van der Waals surface area contributed by atoms with E-state index in [1.165, 1.54) is 18.2 Å². The first-order chi connectivity index (χ1) is 8.96. The Balaban J connectivity index is 2.49. The van der Waals surface area contributed by atoms with Crippen molar-refractivity contribution in [2.24, 2.45) is 0 Å². The Morgan fingerprint density at radius 3 is 2.79 bits per heavy atom. The van der Waals surface area contributed by atoms with Gasteiger partial charge < -0.3 is 5.32 Å². The maximum atomic E-state index is 12.4. The van der Waals surface area contributed by atoms with Gasteiger partial charge in [0.05, 0.1) is 17.1 Å². The molecule has 1 aromatic carbocycles. The number of carbonyl (C=O) groups excluding carboxylic acids is 1. The van der Waals surface area contributed by atoms with Crippen LogP contribution in [0.1, 0.15) is 5.56 Å². The molecule has 0 aliphatic carbocycles. The van der Waals surface area contributed by atoms with E-state index in [2.05, 4.69) is 5.32 Å². The zero-order chi connectivity index (χ0) is 14.0. The van der Waals surface area contributed by atoms with Crippen molar-refractivity contribution in [2.75, 3.05) is 19.6 Å². The Morgan fingerprint density at radius 1 is 1.42 bits per heavy atom. The van der Waals surface area contributed by atoms with Crippen molar-refractivity contribution in [3.8, 4) is 6.07 Å². The molecule has 19 heavy (non-hydrogen) atoms. The minimum Gasteiger partial charge on any atom is -0.354 e. The van der Waals surface area contributed by atoms with Crippen LogP contribution in [0.25, 0.3) is 0 Å². The van der Waals surface area contributed by atoms with E-state index in [0.717, 1.165) is 4.31 Å². The normalized spacial score (nSPS) is 16.7. The van der Waals surface area contributed by atoms with Crippen LogP contribution in [0.15, 0.2) is 23.1 Å². The summed E-state index contributed by atoms with van der Waals surface area (Å²) in [7, 11) is -3.89. The largest absolute Gasteiger partial charge is 0.354 e. The van der Waals surface area contributed by atoms with Crippen molar-refractivity contribution in [1.29, 1.82) is 5.26 Å². The van der Waals surface area contributed by atoms with E-state index in [0.29, 0.717) is 0 Å². The van der Waals surface area contributed by atoms with Crippen molar-refractivity contribution in [3.63, 3.8) is 0 Å². The van der Waals surface area contributed by atoms with Crippen molar-refractivity contribution in [3.05, 3.63) is 28.8 Å². The van der Waals surface area contributed by atoms with Gasteiger partial charge in [-0.3, -0.25) is 4.79 Å². The van der Waals surface area contributed by atoms with E-state index < -0.39 is 10.0 Å². The molecule has 1 fully saturated rings. The molecular formula is C11H10ClN3O3S. The van der Waals surface area contributed by atoms with Crippen LogP contribution in [-0.4, -0.2) is 38.3 Å². The summed E-state index contributed by atoms with van der Waals surface area (Å²) in [5.74, 6) is -0.365. The summed E-state index contributed by atoms with van der Waals surface area (Å²) in [5, 5.41) is 11.6. The molecule has 0 atom stereocenters. The highest BCUT2D eigenvalue weighted by Gasteiger charge is 2.31. The predicted octanol–water partition coefficient (Wildman–Crippen LogP) is 0.332. The van der Waals surface area contributed by atoms with Gasteiger partial charge in [-0.25, -0.2) is 8.42 Å². The first kappa shape index (κ1) is 13.8. The Hall–Kier alpha value is -1.62. The van der Waals surface area contributed by atoms with Gasteiger partial charge in [-0.05, 0) is 12.1 Å². The first-order valence-electron chi connectivity index (χ1n) is 5.42. The van der Waals surface area contributed by atoms with Crippen LogP contribution in [0.4, 0.5) is 0 Å². The number of nitrogens with one attached hydrogen (secondary N) is 1. The van der Waals surface area contributed by atoms with Gasteiger partial charge in [0.15, 0.2) is 0 Å². The van der Waals surface area contributed by atoms with Crippen molar-refractivity contribution < 1.29 is 13.2 Å². The summed E-state index contributed by atoms with van der Waals surface area (Å²) in [6.07, 6.45) is 0. The number of piperazine rings is 1. The van der Waals surface area contributed by atoms with E-state index in [-0.39, 0.29) is 41.0 Å². The fourth-order valence-electron chi connectivity index (χ4n) is 1.79. The minimum atomic E-state index is -3.89. The number of sulfonamides is 1. The first-order valence-corrected chi connectivity index (χ1v) is 7.24. The molecule has 8 heteroatoms. The quantitative estimate of drug-likeness (QED) is 0.852. The molecule has 100 valence electrons. The number of carbonyl (C=O) groups is 1. The van der Waals surface area contributed by atoms with Crippen LogP contribution >= 0.6 is 11.6 Å². The molecule has 0 aromatic heterocycles. The molecule has 1 heterocycles. The van der Waals surface area contributed by atoms with Gasteiger partial charge in [0, 0.05) is 13.1 Å². The lowest BCUT2D eigenvalue weighted by atomic mass is 10.2. The van der Waals surface area contributed by atoms with Crippen LogP contribution < -0.4 is 5.32 Å². The Kier molecular flexibility index (Phi) is 3.75. The molecule has 0 unspecified atom stereocenters. The zero-order valence-corrected chi connectivity index (χ0v) is 11.3. The predicted molar refractivity (Wildman–Crippen MR) is 67.9 cm³/mol. The number of halogens is 1. The molecule has 1 saturated heterocycles. The third-order valence-electron chi connectivity index (χ3n) is 2.71. The van der Waals surface area contributed by atoms with Gasteiger partial charge >= 0.3 is 0 Å². The van der Waals surface area contributed by atoms with Crippen LogP contribution in [-0.2, 0) is 14.8 Å². The SMILES string of the molecule is N#Cc1c(Cl)cccc1S(=O)(=O)N1CCNC(=O)C1. The molecule has 1 aromatic rings. The van der Waals surface area contributed by atoms with E-state index in [1.807, 2.05) is 0 Å². The summed E-state index contributed by atoms with van der Waals surface area (Å²) in [6, 6.07) is 6.00. The summed E-state index contributed by atoms with van der Waals surface area (Å²) in [5.41, 5.74) is -0.102. The maximum absolute atomic E-state index is 12.4. The molecular weight excluding hydrogens is 290 g/mol. The van der Waals surface area contributed by atoms with Crippen LogP contribution in [0.5, 0.6) is 0 Å². The van der Waals surface area contributed by atoms with Gasteiger partial charge in [0.25, 0.3) is 0 Å². The van der Waals surface area contributed by atoms with Crippen LogP contribution in [0.2, 0.25) is 5.02 Å². The monoisotopic (exact) mass is 299 g/mol. The molecule has 0 radical (unpaired) electrons. The molecule has 0 bridgehead atoms. The molecule has 1 amide bonds. The fourth-order valence-corrected chi connectivity index (χ4v) is 3.62. The molecule has 1 N–H and O–H groups in total. The number of hydrogen-bond donors (Lipinski definition) is 1. The number of nitrogens with zero attached hydrogens (tertiary/aromatic N) is 2. The van der Waals surface area contributed by atoms with E-state index >= 15 is 0 Å². The topological polar surface area (TPSA) is 90.3 Å². The number of hydrogen-bond acceptors (Lipinski definition) is 4. The lowest BCUT2D eigenvalue weighted by molar-refractivity contribution is -0.122. The molecule has 2 rings (SSSR count). The van der Waals surface area contributed by atoms with Crippen molar-refractivity contribution in [1.82, 2.24) is 9.62 Å². The summed E-state index contributed by atoms with van der Waals surface area (Å²) < 4.78 is 25.8. The third kappa shape index (κ3) is 2.56. The average molecular weight is 300 g/mol. The highest BCUT2D eigenvalue weighted by molar-refractivity contribution is 7.89. The molecule has 1 aliphatic heterocycles.